The number of hydrogen-bond acceptors (Lipinski definition) is 19. The zero-order chi connectivity index (χ0) is 43.9. The van der Waals surface area contributed by atoms with Gasteiger partial charge in [0.15, 0.2) is 5.75 Å². The van der Waals surface area contributed by atoms with Gasteiger partial charge >= 0.3 is 88.7 Å². The van der Waals surface area contributed by atoms with Crippen molar-refractivity contribution in [3.8, 4) is 17.2 Å². The first kappa shape index (κ1) is 54.3. The molecule has 314 valence electrons. The molecule has 0 saturated carbocycles. The Morgan fingerprint density at radius 1 is 0.719 bits per heavy atom. The second kappa shape index (κ2) is 24.0. The van der Waals surface area contributed by atoms with Crippen LogP contribution in [-0.2, 0) is 36.4 Å². The fourth-order valence-electron chi connectivity index (χ4n) is 5.40. The van der Waals surface area contributed by atoms with Crippen molar-refractivity contribution >= 4 is 99.5 Å². The summed E-state index contributed by atoms with van der Waals surface area (Å²) < 4.78 is 103. The molecule has 3 N–H and O–H groups in total. The third kappa shape index (κ3) is 14.5. The smallest absolute Gasteiger partial charge is 0.744 e. The monoisotopic (exact) mass is 954 g/mol. The Morgan fingerprint density at radius 2 is 1.33 bits per heavy atom. The second-order valence-electron chi connectivity index (χ2n) is 12.4. The van der Waals surface area contributed by atoms with Gasteiger partial charge in [0.1, 0.15) is 60.2 Å². The van der Waals surface area contributed by atoms with Crippen molar-refractivity contribution in [3.63, 3.8) is 0 Å². The van der Waals surface area contributed by atoms with E-state index in [-0.39, 0.29) is 152 Å². The number of aromatic hydroxyl groups is 1. The van der Waals surface area contributed by atoms with Crippen molar-refractivity contribution in [1.82, 2.24) is 0 Å². The molecule has 20 nitrogen and oxygen atoms in total. The molecule has 6 aromatic carbocycles. The van der Waals surface area contributed by atoms with Crippen LogP contribution in [0.5, 0.6) is 17.2 Å². The minimum Gasteiger partial charge on any atom is -0.744 e. The summed E-state index contributed by atoms with van der Waals surface area (Å²) in [6.45, 7) is 1.67. The van der Waals surface area contributed by atoms with Gasteiger partial charge in [-0.05, 0) is 96.4 Å². The Hall–Kier alpha value is -4.02. The molecule has 0 aliphatic heterocycles. The number of rotatable bonds is 15. The molecule has 0 heterocycles. The molecule has 1 atom stereocenters. The maximum atomic E-state index is 12.3. The molecule has 0 saturated heterocycles. The minimum absolute atomic E-state index is 0. The van der Waals surface area contributed by atoms with E-state index in [4.69, 9.17) is 4.74 Å². The molecule has 1 amide bonds. The molecular formula is C38H29N8Na3O12S3. The molecule has 0 aliphatic rings. The maximum Gasteiger partial charge on any atom is 1.00 e. The van der Waals surface area contributed by atoms with Crippen molar-refractivity contribution in [2.24, 2.45) is 30.7 Å². The molecule has 64 heavy (non-hydrogen) atoms. The number of azo groups is 3. The van der Waals surface area contributed by atoms with Crippen molar-refractivity contribution < 1.29 is 142 Å². The fourth-order valence-corrected chi connectivity index (χ4v) is 6.83. The van der Waals surface area contributed by atoms with Crippen molar-refractivity contribution in [3.05, 3.63) is 109 Å². The van der Waals surface area contributed by atoms with E-state index in [1.165, 1.54) is 86.0 Å². The number of ether oxygens (including phenoxy) is 1. The summed E-state index contributed by atoms with van der Waals surface area (Å²) in [7, 11) is -8.62. The van der Waals surface area contributed by atoms with Gasteiger partial charge in [0.05, 0.1) is 39.7 Å². The molecule has 0 radical (unpaired) electrons. The SMILES string of the molecule is CCC(=O)Nc1cc(N=Nc2ccc(N=Nc3c(S(=O)(=O)[O-])cc4ccc(Nc5cccc(S(=O)(=O)[O-])c5)cc4c3O)c(OC)c2)ccc1N=Nc1ccc(OS(=O)[O-])cc1.[Na+].[Na+].[Na+]. The van der Waals surface area contributed by atoms with E-state index in [9.17, 15) is 44.6 Å². The molecule has 0 bridgehead atoms. The van der Waals surface area contributed by atoms with Crippen LogP contribution in [0.3, 0.4) is 0 Å². The third-order valence-corrected chi connectivity index (χ3v) is 10.3. The second-order valence-corrected chi connectivity index (χ2v) is 15.7. The summed E-state index contributed by atoms with van der Waals surface area (Å²) in [5.41, 5.74) is 1.39. The van der Waals surface area contributed by atoms with Gasteiger partial charge < -0.3 is 38.3 Å². The summed E-state index contributed by atoms with van der Waals surface area (Å²) in [6, 6.07) is 25.1. The van der Waals surface area contributed by atoms with Crippen LogP contribution in [0.2, 0.25) is 0 Å². The zero-order valence-corrected chi connectivity index (χ0v) is 42.9. The number of carbonyl (C=O) groups excluding carboxylic acids is 1. The molecule has 0 spiro atoms. The Labute approximate surface area is 435 Å². The fraction of sp³-hybridized carbons (Fsp3) is 0.0789. The first-order chi connectivity index (χ1) is 29.0. The third-order valence-electron chi connectivity index (χ3n) is 8.28. The largest absolute Gasteiger partial charge is 1.00 e. The maximum absolute atomic E-state index is 12.3. The van der Waals surface area contributed by atoms with Gasteiger partial charge in [0.2, 0.25) is 5.91 Å². The Balaban J connectivity index is 0.00000363. The predicted octanol–water partition coefficient (Wildman–Crippen LogP) is -0.115. The van der Waals surface area contributed by atoms with Crippen molar-refractivity contribution in [2.75, 3.05) is 17.7 Å². The van der Waals surface area contributed by atoms with Crippen molar-refractivity contribution in [2.45, 2.75) is 23.1 Å². The van der Waals surface area contributed by atoms with Gasteiger partial charge in [-0.15, -0.1) is 15.3 Å². The average Bonchev–Trinajstić information content (AvgIpc) is 3.22. The van der Waals surface area contributed by atoms with E-state index >= 15 is 0 Å². The average molecular weight is 955 g/mol. The van der Waals surface area contributed by atoms with Gasteiger partial charge in [-0.2, -0.15) is 15.3 Å². The minimum atomic E-state index is -5.20. The first-order valence-electron chi connectivity index (χ1n) is 17.3. The molecule has 0 fully saturated rings. The van der Waals surface area contributed by atoms with Crippen LogP contribution in [0.1, 0.15) is 13.3 Å². The Morgan fingerprint density at radius 3 is 1.95 bits per heavy atom. The number of hydrogen-bond donors (Lipinski definition) is 3. The summed E-state index contributed by atoms with van der Waals surface area (Å²) in [5.74, 6) is -0.845. The van der Waals surface area contributed by atoms with Crippen molar-refractivity contribution in [1.29, 1.82) is 0 Å². The van der Waals surface area contributed by atoms with Crippen LogP contribution in [0.15, 0.2) is 150 Å². The standard InChI is InChI=1S/C38H32N8O12S3.3Na/c1-3-36(47)40-33-20-26(11-15-31(33)44-41-23-9-13-28(14-10-23)58-59(49)50)42-43-27-12-16-32(34(21-27)57-2)45-46-37-35(61(54,55)56)17-22-7-8-25(19-30(22)38(37)48)39-24-5-4-6-29(18-24)60(51,52)53;;;/h4-21,39,48H,3H2,1-2H3,(H,40,47)(H,49,50)(H,51,52,53)(H,54,55,56);;;/q;3*+1/p-3. The number of phenols is 1. The number of nitrogens with zero attached hydrogens (tertiary/aromatic N) is 6. The summed E-state index contributed by atoms with van der Waals surface area (Å²) in [6.07, 6.45) is 0.166. The van der Waals surface area contributed by atoms with E-state index in [1.807, 2.05) is 0 Å². The number of methoxy groups -OCH3 is 1. The number of fused-ring (bicyclic) bond motifs is 1. The number of anilines is 3. The van der Waals surface area contributed by atoms with Crippen LogP contribution in [0.4, 0.5) is 51.2 Å². The van der Waals surface area contributed by atoms with Gasteiger partial charge in [-0.1, -0.05) is 19.1 Å². The van der Waals surface area contributed by atoms with Gasteiger partial charge in [-0.25, -0.2) is 21.0 Å². The number of nitrogens with one attached hydrogen (secondary N) is 2. The van der Waals surface area contributed by atoms with E-state index in [0.29, 0.717) is 17.1 Å². The van der Waals surface area contributed by atoms with Gasteiger partial charge in [-0.3, -0.25) is 4.79 Å². The first-order valence-corrected chi connectivity index (χ1v) is 21.2. The molecule has 6 rings (SSSR count). The molecular weight excluding hydrogens is 926 g/mol. The normalized spacial score (nSPS) is 12.0. The molecule has 1 unspecified atom stereocenters. The molecule has 0 aliphatic carbocycles. The number of benzene rings is 6. The summed E-state index contributed by atoms with van der Waals surface area (Å²) in [5, 5.41) is 41.9. The van der Waals surface area contributed by atoms with Crippen LogP contribution in [0, 0.1) is 0 Å². The van der Waals surface area contributed by atoms with E-state index in [2.05, 4.69) is 45.5 Å². The zero-order valence-electron chi connectivity index (χ0n) is 34.4. The Bertz CT molecular complexity index is 3020. The molecule has 6 aromatic rings. The summed E-state index contributed by atoms with van der Waals surface area (Å²) >= 11 is -2.73. The quantitative estimate of drug-likeness (QED) is 0.0524. The molecule has 26 heteroatoms. The Kier molecular flexibility index (Phi) is 20.3. The van der Waals surface area contributed by atoms with Gasteiger partial charge in [0.25, 0.3) is 0 Å². The van der Waals surface area contributed by atoms with Crippen LogP contribution >= 0.6 is 0 Å². The topological polar surface area (TPSA) is 309 Å². The summed E-state index contributed by atoms with van der Waals surface area (Å²) in [4.78, 5) is 11.0. The van der Waals surface area contributed by atoms with E-state index < -0.39 is 52.8 Å². The van der Waals surface area contributed by atoms with Gasteiger partial charge in [0, 0.05) is 29.2 Å². The van der Waals surface area contributed by atoms with Crippen LogP contribution in [-0.4, -0.2) is 52.8 Å². The van der Waals surface area contributed by atoms with E-state index in [1.54, 1.807) is 19.1 Å². The molecule has 0 aromatic heterocycles. The number of carbonyl (C=O) groups is 1. The van der Waals surface area contributed by atoms with Crippen LogP contribution < -0.4 is 108 Å². The van der Waals surface area contributed by atoms with E-state index in [0.717, 1.165) is 18.2 Å². The predicted molar refractivity (Wildman–Crippen MR) is 218 cm³/mol. The number of amides is 1. The number of phenolic OH excluding ortho intramolecular Hbond substituents is 1. The van der Waals surface area contributed by atoms with Crippen LogP contribution in [0.25, 0.3) is 10.8 Å².